The van der Waals surface area contributed by atoms with Crippen LogP contribution < -0.4 is 9.47 Å². The molecule has 0 amide bonds. The highest BCUT2D eigenvalue weighted by Gasteiger charge is 2.16. The quantitative estimate of drug-likeness (QED) is 0.918. The lowest BCUT2D eigenvalue weighted by Crippen LogP contribution is -2.16. The van der Waals surface area contributed by atoms with E-state index in [1.165, 1.54) is 0 Å². The molecular weight excluding hydrogens is 316 g/mol. The first kappa shape index (κ1) is 14.0. The van der Waals surface area contributed by atoms with Gasteiger partial charge in [-0.3, -0.25) is 0 Å². The van der Waals surface area contributed by atoms with Gasteiger partial charge < -0.3 is 14.6 Å². The molecule has 1 aromatic carbocycles. The third-order valence-corrected chi connectivity index (χ3v) is 5.03. The van der Waals surface area contributed by atoms with Crippen LogP contribution in [0.15, 0.2) is 16.6 Å². The highest BCUT2D eigenvalue weighted by atomic mass is 79.9. The van der Waals surface area contributed by atoms with Gasteiger partial charge in [0, 0.05) is 15.5 Å². The summed E-state index contributed by atoms with van der Waals surface area (Å²) in [5.74, 6) is 2.44. The number of fused-ring (bicyclic) bond motifs is 1. The Labute approximate surface area is 120 Å². The Bertz CT molecular complexity index is 423. The molecule has 1 heterocycles. The molecule has 0 saturated heterocycles. The maximum atomic E-state index is 9.48. The minimum Gasteiger partial charge on any atom is -0.486 e. The van der Waals surface area contributed by atoms with E-state index in [1.54, 1.807) is 11.8 Å². The molecule has 2 unspecified atom stereocenters. The normalized spacial score (nSPS) is 17.3. The van der Waals surface area contributed by atoms with Gasteiger partial charge in [0.1, 0.15) is 13.2 Å². The second-order valence-electron chi connectivity index (χ2n) is 4.34. The molecule has 2 atom stereocenters. The third-order valence-electron chi connectivity index (χ3n) is 2.89. The van der Waals surface area contributed by atoms with Crippen molar-refractivity contribution >= 4 is 27.7 Å². The van der Waals surface area contributed by atoms with E-state index >= 15 is 0 Å². The van der Waals surface area contributed by atoms with Gasteiger partial charge in [-0.25, -0.2) is 0 Å². The van der Waals surface area contributed by atoms with E-state index in [1.807, 2.05) is 26.0 Å². The van der Waals surface area contributed by atoms with Gasteiger partial charge >= 0.3 is 0 Å². The second-order valence-corrected chi connectivity index (χ2v) is 6.56. The van der Waals surface area contributed by atoms with Gasteiger partial charge in [-0.1, -0.05) is 22.9 Å². The molecule has 1 aromatic rings. The molecular formula is C13H17BrO3S. The average molecular weight is 333 g/mol. The zero-order valence-corrected chi connectivity index (χ0v) is 12.9. The lowest BCUT2D eigenvalue weighted by atomic mass is 10.2. The lowest BCUT2D eigenvalue weighted by molar-refractivity contribution is 0.171. The average Bonchev–Trinajstić information content (AvgIpc) is 2.35. The van der Waals surface area contributed by atoms with Crippen LogP contribution in [0.5, 0.6) is 11.5 Å². The van der Waals surface area contributed by atoms with Crippen LogP contribution in [-0.4, -0.2) is 29.7 Å². The molecule has 5 heteroatoms. The Morgan fingerprint density at radius 1 is 1.28 bits per heavy atom. The van der Waals surface area contributed by atoms with Crippen molar-refractivity contribution in [3.05, 3.63) is 22.2 Å². The summed E-state index contributed by atoms with van der Waals surface area (Å²) in [5, 5.41) is 9.70. The smallest absolute Gasteiger partial charge is 0.162 e. The van der Waals surface area contributed by atoms with Crippen molar-refractivity contribution in [1.29, 1.82) is 0 Å². The van der Waals surface area contributed by atoms with Gasteiger partial charge in [0.25, 0.3) is 0 Å². The molecule has 0 aromatic heterocycles. The van der Waals surface area contributed by atoms with Crippen molar-refractivity contribution in [3.63, 3.8) is 0 Å². The number of rotatable bonds is 4. The fourth-order valence-electron chi connectivity index (χ4n) is 1.58. The molecule has 3 nitrogen and oxygen atoms in total. The van der Waals surface area contributed by atoms with Crippen molar-refractivity contribution in [2.75, 3.05) is 13.2 Å². The van der Waals surface area contributed by atoms with Crippen molar-refractivity contribution < 1.29 is 14.6 Å². The van der Waals surface area contributed by atoms with Gasteiger partial charge in [-0.2, -0.15) is 11.8 Å². The standard InChI is InChI=1S/C13H17BrO3S/c1-8(15)9(2)18-7-10-5-12-13(6-11(10)14)17-4-3-16-12/h5-6,8-9,15H,3-4,7H2,1-2H3. The van der Waals surface area contributed by atoms with E-state index < -0.39 is 0 Å². The number of ether oxygens (including phenoxy) is 2. The molecule has 0 aliphatic carbocycles. The zero-order valence-electron chi connectivity index (χ0n) is 10.5. The molecule has 0 bridgehead atoms. The summed E-state index contributed by atoms with van der Waals surface area (Å²) in [6.45, 7) is 5.05. The van der Waals surface area contributed by atoms with Crippen LogP contribution in [0.4, 0.5) is 0 Å². The maximum absolute atomic E-state index is 9.48. The molecule has 18 heavy (non-hydrogen) atoms. The minimum atomic E-state index is -0.300. The fraction of sp³-hybridized carbons (Fsp3) is 0.538. The predicted molar refractivity (Wildman–Crippen MR) is 77.6 cm³/mol. The van der Waals surface area contributed by atoms with Crippen LogP contribution in [0.2, 0.25) is 0 Å². The number of benzene rings is 1. The number of hydrogen-bond acceptors (Lipinski definition) is 4. The summed E-state index contributed by atoms with van der Waals surface area (Å²) in [7, 11) is 0. The molecule has 1 N–H and O–H groups in total. The summed E-state index contributed by atoms with van der Waals surface area (Å²) < 4.78 is 12.1. The monoisotopic (exact) mass is 332 g/mol. The van der Waals surface area contributed by atoms with Crippen molar-refractivity contribution in [3.8, 4) is 11.5 Å². The number of thioether (sulfide) groups is 1. The van der Waals surface area contributed by atoms with E-state index in [9.17, 15) is 5.11 Å². The number of hydrogen-bond donors (Lipinski definition) is 1. The number of aliphatic hydroxyl groups excluding tert-OH is 1. The Morgan fingerprint density at radius 2 is 1.89 bits per heavy atom. The van der Waals surface area contributed by atoms with Crippen LogP contribution in [0.25, 0.3) is 0 Å². The predicted octanol–water partition coefficient (Wildman–Crippen LogP) is 3.22. The van der Waals surface area contributed by atoms with E-state index in [-0.39, 0.29) is 11.4 Å². The fourth-order valence-corrected chi connectivity index (χ4v) is 3.19. The summed E-state index contributed by atoms with van der Waals surface area (Å²) >= 11 is 5.28. The maximum Gasteiger partial charge on any atom is 0.162 e. The minimum absolute atomic E-state index is 0.213. The van der Waals surface area contributed by atoms with Crippen LogP contribution >= 0.6 is 27.7 Å². The largest absolute Gasteiger partial charge is 0.486 e. The van der Waals surface area contributed by atoms with Gasteiger partial charge in [-0.05, 0) is 24.6 Å². The summed E-state index contributed by atoms with van der Waals surface area (Å²) in [6, 6.07) is 3.97. The Hall–Kier alpha value is -0.390. The molecule has 0 fully saturated rings. The third kappa shape index (κ3) is 3.33. The highest BCUT2D eigenvalue weighted by Crippen LogP contribution is 2.37. The summed E-state index contributed by atoms with van der Waals surface area (Å²) in [4.78, 5) is 0. The van der Waals surface area contributed by atoms with Gasteiger partial charge in [0.2, 0.25) is 0 Å². The van der Waals surface area contributed by atoms with Crippen LogP contribution in [0.3, 0.4) is 0 Å². The first-order chi connectivity index (χ1) is 8.58. The Morgan fingerprint density at radius 3 is 2.50 bits per heavy atom. The summed E-state index contributed by atoms with van der Waals surface area (Å²) in [5.41, 5.74) is 1.16. The van der Waals surface area contributed by atoms with E-state index in [0.717, 1.165) is 27.3 Å². The number of halogens is 1. The van der Waals surface area contributed by atoms with Crippen LogP contribution in [-0.2, 0) is 5.75 Å². The van der Waals surface area contributed by atoms with Gasteiger partial charge in [-0.15, -0.1) is 0 Å². The van der Waals surface area contributed by atoms with Gasteiger partial charge in [0.15, 0.2) is 11.5 Å². The molecule has 1 aliphatic heterocycles. The van der Waals surface area contributed by atoms with Crippen LogP contribution in [0.1, 0.15) is 19.4 Å². The first-order valence-electron chi connectivity index (χ1n) is 5.95. The Balaban J connectivity index is 2.08. The molecule has 0 spiro atoms. The SMILES string of the molecule is CC(O)C(C)SCc1cc2c(cc1Br)OCCO2. The topological polar surface area (TPSA) is 38.7 Å². The second kappa shape index (κ2) is 6.17. The number of aliphatic hydroxyl groups is 1. The molecule has 2 rings (SSSR count). The van der Waals surface area contributed by atoms with Gasteiger partial charge in [0.05, 0.1) is 6.10 Å². The first-order valence-corrected chi connectivity index (χ1v) is 7.80. The molecule has 0 saturated carbocycles. The van der Waals surface area contributed by atoms with Crippen molar-refractivity contribution in [2.24, 2.45) is 0 Å². The highest BCUT2D eigenvalue weighted by molar-refractivity contribution is 9.10. The Kier molecular flexibility index (Phi) is 4.81. The zero-order chi connectivity index (χ0) is 13.1. The summed E-state index contributed by atoms with van der Waals surface area (Å²) in [6.07, 6.45) is -0.300. The van der Waals surface area contributed by atoms with E-state index in [0.29, 0.717) is 13.2 Å². The molecule has 1 aliphatic rings. The van der Waals surface area contributed by atoms with Crippen molar-refractivity contribution in [2.45, 2.75) is 31.0 Å². The van der Waals surface area contributed by atoms with E-state index in [2.05, 4.69) is 15.9 Å². The van der Waals surface area contributed by atoms with Crippen molar-refractivity contribution in [1.82, 2.24) is 0 Å². The lowest BCUT2D eigenvalue weighted by Gasteiger charge is -2.20. The van der Waals surface area contributed by atoms with E-state index in [4.69, 9.17) is 9.47 Å². The van der Waals surface area contributed by atoms with Crippen LogP contribution in [0, 0.1) is 0 Å². The molecule has 0 radical (unpaired) electrons. The molecule has 100 valence electrons.